The maximum atomic E-state index is 12.9. The quantitative estimate of drug-likeness (QED) is 0.0423. The van der Waals surface area contributed by atoms with Crippen LogP contribution in [0.5, 0.6) is 0 Å². The van der Waals surface area contributed by atoms with E-state index >= 15 is 0 Å². The number of guanidine groups is 1. The molecule has 0 aliphatic rings. The summed E-state index contributed by atoms with van der Waals surface area (Å²) in [6.07, 6.45) is 3.31. The van der Waals surface area contributed by atoms with Gasteiger partial charge in [-0.25, -0.2) is 4.79 Å². The van der Waals surface area contributed by atoms with Crippen molar-refractivity contribution in [1.29, 1.82) is 0 Å². The number of nitrogens with one attached hydrogen (secondary N) is 3. The van der Waals surface area contributed by atoms with Crippen molar-refractivity contribution in [3.63, 3.8) is 0 Å². The van der Waals surface area contributed by atoms with E-state index in [-0.39, 0.29) is 25.3 Å². The molecule has 3 amide bonds. The number of carbonyl (C=O) groups is 4. The van der Waals surface area contributed by atoms with Crippen molar-refractivity contribution in [1.82, 2.24) is 16.0 Å². The maximum Gasteiger partial charge on any atom is 0.326 e. The molecule has 4 atom stereocenters. The molecule has 15 nitrogen and oxygen atoms in total. The van der Waals surface area contributed by atoms with Gasteiger partial charge in [0.05, 0.1) is 12.6 Å². The molecule has 0 fully saturated rings. The average Bonchev–Trinajstić information content (AvgIpc) is 2.83. The van der Waals surface area contributed by atoms with Crippen LogP contribution in [-0.4, -0.2) is 90.3 Å². The monoisotopic (exact) mass is 517 g/mol. The van der Waals surface area contributed by atoms with Crippen LogP contribution in [0.2, 0.25) is 0 Å². The van der Waals surface area contributed by atoms with Gasteiger partial charge in [-0.05, 0) is 58.0 Å². The lowest BCUT2D eigenvalue weighted by molar-refractivity contribution is -0.142. The van der Waals surface area contributed by atoms with E-state index in [1.54, 1.807) is 0 Å². The number of nitrogens with zero attached hydrogens (tertiary/aromatic N) is 1. The van der Waals surface area contributed by atoms with E-state index in [9.17, 15) is 29.4 Å². The number of unbranched alkanes of at least 4 members (excludes halogenated alkanes) is 2. The topological polar surface area (TPSA) is 287 Å². The number of amides is 3. The number of carbonyl (C=O) groups excluding carboxylic acids is 3. The van der Waals surface area contributed by atoms with Crippen LogP contribution in [0, 0.1) is 0 Å². The number of carboxylic acids is 1. The summed E-state index contributed by atoms with van der Waals surface area (Å²) in [6.45, 7) is 0.241. The molecule has 0 spiro atoms. The number of aliphatic hydroxyl groups is 1. The molecule has 0 heterocycles. The maximum absolute atomic E-state index is 12.9. The summed E-state index contributed by atoms with van der Waals surface area (Å²) in [5.41, 5.74) is 27.4. The third kappa shape index (κ3) is 14.4. The Bertz CT molecular complexity index is 718. The lowest BCUT2D eigenvalue weighted by Gasteiger charge is -2.24. The first kappa shape index (κ1) is 33.0. The highest BCUT2D eigenvalue weighted by Gasteiger charge is 2.29. The summed E-state index contributed by atoms with van der Waals surface area (Å²) in [6, 6.07) is -4.62. The predicted octanol–water partition coefficient (Wildman–Crippen LogP) is -3.84. The van der Waals surface area contributed by atoms with Gasteiger partial charge in [0.15, 0.2) is 5.96 Å². The zero-order valence-electron chi connectivity index (χ0n) is 20.7. The molecule has 0 rings (SSSR count). The number of hydrogen-bond donors (Lipinski definition) is 10. The minimum atomic E-state index is -1.44. The van der Waals surface area contributed by atoms with Crippen molar-refractivity contribution >= 4 is 29.7 Å². The zero-order chi connectivity index (χ0) is 27.5. The number of aliphatic hydroxyl groups excluding tert-OH is 1. The van der Waals surface area contributed by atoms with Crippen LogP contribution in [0.1, 0.15) is 51.4 Å². The third-order valence-corrected chi connectivity index (χ3v) is 5.26. The summed E-state index contributed by atoms with van der Waals surface area (Å²) in [5, 5.41) is 26.2. The second kappa shape index (κ2) is 19.2. The van der Waals surface area contributed by atoms with E-state index < -0.39 is 54.5 Å². The zero-order valence-corrected chi connectivity index (χ0v) is 20.7. The van der Waals surface area contributed by atoms with Crippen LogP contribution in [0.15, 0.2) is 4.99 Å². The Morgan fingerprint density at radius 3 is 1.75 bits per heavy atom. The molecule has 15 heteroatoms. The highest BCUT2D eigenvalue weighted by Crippen LogP contribution is 2.05. The molecule has 0 aromatic heterocycles. The first-order valence-corrected chi connectivity index (χ1v) is 12.0. The van der Waals surface area contributed by atoms with Crippen LogP contribution < -0.4 is 44.6 Å². The molecule has 0 radical (unpaired) electrons. The predicted molar refractivity (Wildman–Crippen MR) is 134 cm³/mol. The van der Waals surface area contributed by atoms with Gasteiger partial charge in [-0.2, -0.15) is 0 Å². The Morgan fingerprint density at radius 1 is 0.722 bits per heavy atom. The normalized spacial score (nSPS) is 14.1. The Hall–Kier alpha value is -3.01. The Labute approximate surface area is 211 Å². The van der Waals surface area contributed by atoms with Gasteiger partial charge in [0.2, 0.25) is 17.7 Å². The minimum absolute atomic E-state index is 0.112. The minimum Gasteiger partial charge on any atom is -0.480 e. The van der Waals surface area contributed by atoms with Crippen molar-refractivity contribution < 1.29 is 29.4 Å². The second-order valence-electron chi connectivity index (χ2n) is 8.33. The smallest absolute Gasteiger partial charge is 0.326 e. The largest absolute Gasteiger partial charge is 0.480 e. The van der Waals surface area contributed by atoms with Gasteiger partial charge in [-0.3, -0.25) is 19.4 Å². The fraction of sp³-hybridized carbons (Fsp3) is 0.762. The van der Waals surface area contributed by atoms with E-state index in [2.05, 4.69) is 20.9 Å². The van der Waals surface area contributed by atoms with Crippen LogP contribution in [0.25, 0.3) is 0 Å². The molecule has 0 aliphatic heterocycles. The average molecular weight is 518 g/mol. The van der Waals surface area contributed by atoms with E-state index in [0.29, 0.717) is 51.6 Å². The highest BCUT2D eigenvalue weighted by atomic mass is 16.4. The lowest BCUT2D eigenvalue weighted by atomic mass is 10.1. The number of aliphatic carboxylic acids is 1. The first-order valence-electron chi connectivity index (χ1n) is 12.0. The van der Waals surface area contributed by atoms with E-state index in [0.717, 1.165) is 0 Å². The first-order chi connectivity index (χ1) is 17.1. The SMILES string of the molecule is NCCCC[C@H](NC(=O)[C@H](CO)NC(=O)[C@H](CCCN=C(N)N)NC(=O)[C@@H](N)CCCCN)C(=O)O. The summed E-state index contributed by atoms with van der Waals surface area (Å²) in [5.74, 6) is -3.58. The van der Waals surface area contributed by atoms with Gasteiger partial charge in [-0.15, -0.1) is 0 Å². The number of aliphatic imine (C=N–C) groups is 1. The van der Waals surface area contributed by atoms with Gasteiger partial charge in [-0.1, -0.05) is 6.42 Å². The molecule has 0 aromatic rings. The molecule has 208 valence electrons. The van der Waals surface area contributed by atoms with Crippen LogP contribution in [0.3, 0.4) is 0 Å². The van der Waals surface area contributed by atoms with Gasteiger partial charge in [0, 0.05) is 6.54 Å². The van der Waals surface area contributed by atoms with Crippen LogP contribution >= 0.6 is 0 Å². The van der Waals surface area contributed by atoms with Crippen molar-refractivity contribution in [2.24, 2.45) is 33.7 Å². The van der Waals surface area contributed by atoms with E-state index in [1.165, 1.54) is 0 Å². The molecule has 0 saturated carbocycles. The molecular weight excluding hydrogens is 474 g/mol. The lowest BCUT2D eigenvalue weighted by Crippen LogP contribution is -2.58. The highest BCUT2D eigenvalue weighted by molar-refractivity contribution is 5.94. The van der Waals surface area contributed by atoms with Gasteiger partial charge in [0.1, 0.15) is 18.1 Å². The summed E-state index contributed by atoms with van der Waals surface area (Å²) >= 11 is 0. The molecule has 15 N–H and O–H groups in total. The molecular formula is C21H43N9O6. The van der Waals surface area contributed by atoms with Crippen molar-refractivity contribution in [3.8, 4) is 0 Å². The molecule has 0 saturated heterocycles. The number of hydrogen-bond acceptors (Lipinski definition) is 9. The Balaban J connectivity index is 5.27. The Morgan fingerprint density at radius 2 is 1.22 bits per heavy atom. The second-order valence-corrected chi connectivity index (χ2v) is 8.33. The molecule has 36 heavy (non-hydrogen) atoms. The fourth-order valence-corrected chi connectivity index (χ4v) is 3.18. The number of rotatable bonds is 20. The molecule has 0 bridgehead atoms. The van der Waals surface area contributed by atoms with Gasteiger partial charge >= 0.3 is 5.97 Å². The van der Waals surface area contributed by atoms with Crippen molar-refractivity contribution in [2.45, 2.75) is 75.5 Å². The van der Waals surface area contributed by atoms with Gasteiger partial charge in [0.25, 0.3) is 0 Å². The number of nitrogens with two attached hydrogens (primary N) is 5. The van der Waals surface area contributed by atoms with Crippen molar-refractivity contribution in [3.05, 3.63) is 0 Å². The fourth-order valence-electron chi connectivity index (χ4n) is 3.18. The molecule has 0 aromatic carbocycles. The van der Waals surface area contributed by atoms with Gasteiger partial charge < -0.3 is 54.8 Å². The molecule has 0 unspecified atom stereocenters. The van der Waals surface area contributed by atoms with Crippen molar-refractivity contribution in [2.75, 3.05) is 26.2 Å². The standard InChI is InChI=1S/C21H43N9O6/c22-9-3-1-6-13(24)17(32)28-14(8-5-11-27-21(25)26)18(33)30-16(12-31)19(34)29-15(20(35)36)7-2-4-10-23/h13-16,31H,1-12,22-24H2,(H,28,32)(H,29,34)(H,30,33)(H,35,36)(H4,25,26,27)/t13-,14-,15-,16-/m0/s1. The van der Waals surface area contributed by atoms with Crippen LogP contribution in [0.4, 0.5) is 0 Å². The Kier molecular flexibility index (Phi) is 17.6. The summed E-state index contributed by atoms with van der Waals surface area (Å²) in [7, 11) is 0. The van der Waals surface area contributed by atoms with E-state index in [1.807, 2.05) is 0 Å². The summed E-state index contributed by atoms with van der Waals surface area (Å²) in [4.78, 5) is 53.3. The summed E-state index contributed by atoms with van der Waals surface area (Å²) < 4.78 is 0. The van der Waals surface area contributed by atoms with E-state index in [4.69, 9.17) is 28.7 Å². The number of carboxylic acid groups (broad SMARTS) is 1. The third-order valence-electron chi connectivity index (χ3n) is 5.26. The molecule has 0 aliphatic carbocycles. The van der Waals surface area contributed by atoms with Crippen LogP contribution in [-0.2, 0) is 19.2 Å².